The number of oxime groups is 1. The van der Waals surface area contributed by atoms with Crippen LogP contribution in [-0.4, -0.2) is 6.21 Å². The van der Waals surface area contributed by atoms with Gasteiger partial charge in [0.15, 0.2) is 23.3 Å². The van der Waals surface area contributed by atoms with Gasteiger partial charge in [-0.2, -0.15) is 0 Å². The molecule has 0 saturated heterocycles. The maximum Gasteiger partial charge on any atom is 0.200 e. The molecule has 0 atom stereocenters. The van der Waals surface area contributed by atoms with Crippen LogP contribution >= 0.6 is 0 Å². The van der Waals surface area contributed by atoms with Crippen LogP contribution in [0.25, 0.3) is 0 Å². The third-order valence-electron chi connectivity index (χ3n) is 2.96. The van der Waals surface area contributed by atoms with E-state index in [4.69, 9.17) is 0 Å². The standard InChI is InChI=1S/C15H10F5NO/c1-8-4-2-3-5-9(8)6-21-22-7-10-11(16)13(18)15(20)14(19)12(10)17/h2-6H,7H2,1H3/b21-6+. The summed E-state index contributed by atoms with van der Waals surface area (Å²) in [5.74, 6) is -10.1. The van der Waals surface area contributed by atoms with Gasteiger partial charge in [0, 0.05) is 0 Å². The first kappa shape index (κ1) is 15.9. The summed E-state index contributed by atoms with van der Waals surface area (Å²) in [5.41, 5.74) is 0.504. The summed E-state index contributed by atoms with van der Waals surface area (Å²) in [6.07, 6.45) is 1.28. The second-order valence-corrected chi connectivity index (χ2v) is 4.41. The summed E-state index contributed by atoms with van der Waals surface area (Å²) in [6.45, 7) is 0.930. The molecule has 0 bridgehead atoms. The van der Waals surface area contributed by atoms with E-state index in [2.05, 4.69) is 9.99 Å². The van der Waals surface area contributed by atoms with Gasteiger partial charge in [0.2, 0.25) is 5.82 Å². The molecule has 7 heteroatoms. The predicted octanol–water partition coefficient (Wildman–Crippen LogP) is 4.24. The van der Waals surface area contributed by atoms with Crippen molar-refractivity contribution in [3.8, 4) is 0 Å². The Kier molecular flexibility index (Phi) is 4.75. The number of hydrogen-bond acceptors (Lipinski definition) is 2. The summed E-state index contributed by atoms with van der Waals surface area (Å²) in [4.78, 5) is 4.62. The number of halogens is 5. The number of hydrogen-bond donors (Lipinski definition) is 0. The normalized spacial score (nSPS) is 11.2. The molecule has 22 heavy (non-hydrogen) atoms. The van der Waals surface area contributed by atoms with Crippen LogP contribution in [0, 0.1) is 36.0 Å². The van der Waals surface area contributed by atoms with Gasteiger partial charge in [0.25, 0.3) is 0 Å². The van der Waals surface area contributed by atoms with E-state index in [1.54, 1.807) is 12.1 Å². The van der Waals surface area contributed by atoms with Crippen LogP contribution in [0.3, 0.4) is 0 Å². The van der Waals surface area contributed by atoms with E-state index in [1.165, 1.54) is 6.21 Å². The zero-order chi connectivity index (χ0) is 16.3. The van der Waals surface area contributed by atoms with E-state index in [0.717, 1.165) is 5.56 Å². The Morgan fingerprint density at radius 1 is 0.909 bits per heavy atom. The lowest BCUT2D eigenvalue weighted by atomic mass is 10.1. The summed E-state index contributed by atoms with van der Waals surface area (Å²) < 4.78 is 65.5. The molecule has 0 unspecified atom stereocenters. The Bertz CT molecular complexity index is 701. The monoisotopic (exact) mass is 315 g/mol. The molecule has 2 aromatic rings. The fraction of sp³-hybridized carbons (Fsp3) is 0.133. The smallest absolute Gasteiger partial charge is 0.200 e. The third kappa shape index (κ3) is 3.08. The number of rotatable bonds is 4. The fourth-order valence-corrected chi connectivity index (χ4v) is 1.70. The van der Waals surface area contributed by atoms with E-state index in [-0.39, 0.29) is 0 Å². The SMILES string of the molecule is Cc1ccccc1/C=N/OCc1c(F)c(F)c(F)c(F)c1F. The lowest BCUT2D eigenvalue weighted by Gasteiger charge is -2.07. The molecule has 0 heterocycles. The Balaban J connectivity index is 2.15. The first-order valence-electron chi connectivity index (χ1n) is 6.14. The molecular weight excluding hydrogens is 305 g/mol. The van der Waals surface area contributed by atoms with Gasteiger partial charge in [-0.25, -0.2) is 22.0 Å². The van der Waals surface area contributed by atoms with E-state index in [9.17, 15) is 22.0 Å². The van der Waals surface area contributed by atoms with Crippen molar-refractivity contribution in [1.82, 2.24) is 0 Å². The van der Waals surface area contributed by atoms with Gasteiger partial charge in [0.1, 0.15) is 6.61 Å². The Hall–Kier alpha value is -2.44. The molecule has 0 aromatic heterocycles. The lowest BCUT2D eigenvalue weighted by molar-refractivity contribution is 0.124. The highest BCUT2D eigenvalue weighted by atomic mass is 19.2. The zero-order valence-electron chi connectivity index (χ0n) is 11.3. The highest BCUT2D eigenvalue weighted by Crippen LogP contribution is 2.23. The molecule has 0 saturated carbocycles. The van der Waals surface area contributed by atoms with Crippen LogP contribution in [0.5, 0.6) is 0 Å². The summed E-state index contributed by atoms with van der Waals surface area (Å²) in [7, 11) is 0. The minimum Gasteiger partial charge on any atom is -0.391 e. The van der Waals surface area contributed by atoms with Gasteiger partial charge < -0.3 is 4.84 Å². The first-order chi connectivity index (χ1) is 10.4. The molecule has 2 nitrogen and oxygen atoms in total. The number of nitrogens with zero attached hydrogens (tertiary/aromatic N) is 1. The molecule has 0 amide bonds. The Labute approximate surface area is 122 Å². The molecule has 0 aliphatic carbocycles. The maximum absolute atomic E-state index is 13.4. The topological polar surface area (TPSA) is 21.6 Å². The molecule has 0 spiro atoms. The van der Waals surface area contributed by atoms with Crippen molar-refractivity contribution in [1.29, 1.82) is 0 Å². The molecule has 0 aliphatic heterocycles. The van der Waals surface area contributed by atoms with E-state index < -0.39 is 41.3 Å². The Morgan fingerprint density at radius 2 is 1.45 bits per heavy atom. The van der Waals surface area contributed by atoms with E-state index >= 15 is 0 Å². The van der Waals surface area contributed by atoms with Crippen molar-refractivity contribution in [2.24, 2.45) is 5.16 Å². The van der Waals surface area contributed by atoms with Crippen LogP contribution in [0.15, 0.2) is 29.4 Å². The average Bonchev–Trinajstić information content (AvgIpc) is 2.52. The van der Waals surface area contributed by atoms with Crippen molar-refractivity contribution >= 4 is 6.21 Å². The summed E-state index contributed by atoms with van der Waals surface area (Å²) in [6, 6.07) is 7.09. The minimum atomic E-state index is -2.21. The van der Waals surface area contributed by atoms with Gasteiger partial charge in [-0.15, -0.1) is 0 Å². The average molecular weight is 315 g/mol. The largest absolute Gasteiger partial charge is 0.391 e. The van der Waals surface area contributed by atoms with Crippen molar-refractivity contribution in [3.05, 3.63) is 70.0 Å². The second-order valence-electron chi connectivity index (χ2n) is 4.41. The van der Waals surface area contributed by atoms with Gasteiger partial charge in [-0.1, -0.05) is 29.4 Å². The summed E-state index contributed by atoms with van der Waals surface area (Å²) in [5, 5.41) is 3.46. The van der Waals surface area contributed by atoms with Crippen LogP contribution < -0.4 is 0 Å². The minimum absolute atomic E-state index is 0.694. The fourth-order valence-electron chi connectivity index (χ4n) is 1.70. The summed E-state index contributed by atoms with van der Waals surface area (Å²) >= 11 is 0. The zero-order valence-corrected chi connectivity index (χ0v) is 11.3. The molecule has 0 aliphatic rings. The van der Waals surface area contributed by atoms with Crippen molar-refractivity contribution in [3.63, 3.8) is 0 Å². The molecule has 2 rings (SSSR count). The van der Waals surface area contributed by atoms with Crippen LogP contribution in [0.1, 0.15) is 16.7 Å². The van der Waals surface area contributed by atoms with Crippen molar-refractivity contribution in [2.75, 3.05) is 0 Å². The van der Waals surface area contributed by atoms with Crippen LogP contribution in [-0.2, 0) is 11.4 Å². The van der Waals surface area contributed by atoms with E-state index in [1.807, 2.05) is 19.1 Å². The van der Waals surface area contributed by atoms with Crippen molar-refractivity contribution in [2.45, 2.75) is 13.5 Å². The van der Waals surface area contributed by atoms with Gasteiger partial charge in [0.05, 0.1) is 11.8 Å². The van der Waals surface area contributed by atoms with Gasteiger partial charge >= 0.3 is 0 Å². The number of benzene rings is 2. The van der Waals surface area contributed by atoms with Gasteiger partial charge in [-0.3, -0.25) is 0 Å². The van der Waals surface area contributed by atoms with Crippen LogP contribution in [0.2, 0.25) is 0 Å². The molecular formula is C15H10F5NO. The Morgan fingerprint density at radius 3 is 2.05 bits per heavy atom. The van der Waals surface area contributed by atoms with Crippen molar-refractivity contribution < 1.29 is 26.8 Å². The highest BCUT2D eigenvalue weighted by Gasteiger charge is 2.25. The molecule has 2 aromatic carbocycles. The lowest BCUT2D eigenvalue weighted by Crippen LogP contribution is -2.07. The van der Waals surface area contributed by atoms with E-state index in [0.29, 0.717) is 5.56 Å². The molecule has 116 valence electrons. The van der Waals surface area contributed by atoms with Crippen LogP contribution in [0.4, 0.5) is 22.0 Å². The molecule has 0 radical (unpaired) electrons. The highest BCUT2D eigenvalue weighted by molar-refractivity contribution is 5.81. The van der Waals surface area contributed by atoms with Gasteiger partial charge in [-0.05, 0) is 18.1 Å². The second kappa shape index (κ2) is 6.55. The number of aryl methyl sites for hydroxylation is 1. The first-order valence-corrected chi connectivity index (χ1v) is 6.14. The molecule has 0 N–H and O–H groups in total. The maximum atomic E-state index is 13.4. The third-order valence-corrected chi connectivity index (χ3v) is 2.96. The quantitative estimate of drug-likeness (QED) is 0.272. The predicted molar refractivity (Wildman–Crippen MR) is 69.8 cm³/mol. The molecule has 0 fully saturated rings.